The van der Waals surface area contributed by atoms with E-state index in [0.29, 0.717) is 39.1 Å². The first kappa shape index (κ1) is 21.9. The van der Waals surface area contributed by atoms with E-state index in [-0.39, 0.29) is 11.5 Å². The lowest BCUT2D eigenvalue weighted by Crippen LogP contribution is -2.78. The number of rotatable bonds is 4. The zero-order valence-electron chi connectivity index (χ0n) is 19.2. The van der Waals surface area contributed by atoms with Crippen LogP contribution in [-0.2, 0) is 6.54 Å². The fraction of sp³-hybridized carbons (Fsp3) is 0.231. The van der Waals surface area contributed by atoms with E-state index in [0.717, 1.165) is 28.1 Å². The predicted molar refractivity (Wildman–Crippen MR) is 125 cm³/mol. The molecule has 0 atom stereocenters. The Labute approximate surface area is 188 Å². The number of aliphatic imine (C=N–C) groups is 1. The van der Waals surface area contributed by atoms with Gasteiger partial charge < -0.3 is 10.4 Å². The fourth-order valence-corrected chi connectivity index (χ4v) is 4.31. The summed E-state index contributed by atoms with van der Waals surface area (Å²) in [4.78, 5) is 18.2. The third kappa shape index (κ3) is 3.84. The molecule has 0 saturated heterocycles. The Morgan fingerprint density at radius 2 is 1.72 bits per heavy atom. The lowest BCUT2D eigenvalue weighted by molar-refractivity contribution is -0.915. The first-order chi connectivity index (χ1) is 15.1. The van der Waals surface area contributed by atoms with Crippen LogP contribution in [0.15, 0.2) is 70.4 Å². The molecule has 4 N–H and O–H groups in total. The number of carbonyl (C=O) groups excluding carboxylic acids is 1. The van der Waals surface area contributed by atoms with Gasteiger partial charge in [0.2, 0.25) is 0 Å². The molecule has 0 saturated carbocycles. The Kier molecular flexibility index (Phi) is 5.46. The quantitative estimate of drug-likeness (QED) is 0.441. The van der Waals surface area contributed by atoms with E-state index in [4.69, 9.17) is 10.8 Å². The van der Waals surface area contributed by atoms with Crippen LogP contribution in [0.5, 0.6) is 0 Å². The second-order valence-electron chi connectivity index (χ2n) is 9.03. The van der Waals surface area contributed by atoms with Crippen molar-refractivity contribution >= 4 is 22.9 Å². The molecule has 0 amide bonds. The molecule has 0 radical (unpaired) electrons. The highest BCUT2D eigenvalue weighted by Crippen LogP contribution is 2.37. The molecule has 0 aliphatic heterocycles. The van der Waals surface area contributed by atoms with Crippen molar-refractivity contribution < 1.29 is 19.8 Å². The highest BCUT2D eigenvalue weighted by atomic mass is 16.3. The van der Waals surface area contributed by atoms with Crippen LogP contribution in [0.3, 0.4) is 0 Å². The van der Waals surface area contributed by atoms with Crippen LogP contribution in [0.1, 0.15) is 32.6 Å². The molecule has 0 bridgehead atoms. The number of hydrogen-bond acceptors (Lipinski definition) is 4. The van der Waals surface area contributed by atoms with Crippen LogP contribution in [0.25, 0.3) is 5.76 Å². The van der Waals surface area contributed by atoms with Crippen molar-refractivity contribution in [2.75, 3.05) is 21.1 Å². The van der Waals surface area contributed by atoms with Crippen molar-refractivity contribution in [1.29, 1.82) is 0 Å². The van der Waals surface area contributed by atoms with Gasteiger partial charge in [-0.25, -0.2) is 9.58 Å². The van der Waals surface area contributed by atoms with Crippen molar-refractivity contribution in [2.45, 2.75) is 20.4 Å². The second kappa shape index (κ2) is 7.98. The second-order valence-corrected chi connectivity index (χ2v) is 9.03. The van der Waals surface area contributed by atoms with Crippen molar-refractivity contribution in [3.8, 4) is 0 Å². The van der Waals surface area contributed by atoms with E-state index in [2.05, 4.69) is 13.0 Å². The van der Waals surface area contributed by atoms with Crippen molar-refractivity contribution in [1.82, 2.24) is 0 Å². The third-order valence-corrected chi connectivity index (χ3v) is 5.87. The van der Waals surface area contributed by atoms with Gasteiger partial charge >= 0.3 is 0 Å². The molecule has 2 aliphatic carbocycles. The van der Waals surface area contributed by atoms with Gasteiger partial charge in [0, 0.05) is 22.8 Å². The summed E-state index contributed by atoms with van der Waals surface area (Å²) in [6.07, 6.45) is 3.69. The normalized spacial score (nSPS) is 17.2. The number of fused-ring (bicyclic) bond motifs is 2. The zero-order chi connectivity index (χ0) is 23.2. The van der Waals surface area contributed by atoms with Crippen molar-refractivity contribution in [3.05, 3.63) is 93.2 Å². The molecule has 0 spiro atoms. The van der Waals surface area contributed by atoms with Crippen molar-refractivity contribution in [2.24, 2.45) is 10.8 Å². The summed E-state index contributed by atoms with van der Waals surface area (Å²) in [5.74, 6) is 5.90. The first-order valence-electron chi connectivity index (χ1n) is 10.7. The highest BCUT2D eigenvalue weighted by molar-refractivity contribution is 6.30. The summed E-state index contributed by atoms with van der Waals surface area (Å²) in [6, 6.07) is 11.1. The fourth-order valence-electron chi connectivity index (χ4n) is 4.31. The van der Waals surface area contributed by atoms with Crippen LogP contribution in [0, 0.1) is 13.8 Å². The summed E-state index contributed by atoms with van der Waals surface area (Å²) in [7, 11) is 5.75. The summed E-state index contributed by atoms with van der Waals surface area (Å²) in [6.45, 7) is 4.72. The maximum atomic E-state index is 13.5. The molecule has 32 heavy (non-hydrogen) atoms. The van der Waals surface area contributed by atoms with Gasteiger partial charge in [0.1, 0.15) is 12.2 Å². The molecular formula is C26H29N4O2+. The van der Waals surface area contributed by atoms with Gasteiger partial charge in [-0.15, -0.1) is 0 Å². The average molecular weight is 430 g/mol. The van der Waals surface area contributed by atoms with Crippen LogP contribution >= 0.6 is 0 Å². The SMILES string of the molecule is C[NH2+]C1=C2C(=O)c3ccccc3C([O-])=C2C(=Nc2cc(C[N+](C)(C)N)c(C)cc2C)C=C1. The van der Waals surface area contributed by atoms with Gasteiger partial charge in [-0.2, -0.15) is 5.84 Å². The maximum absolute atomic E-state index is 13.5. The van der Waals surface area contributed by atoms with E-state index in [1.165, 1.54) is 0 Å². The number of likely N-dealkylation sites (N-methyl/N-ethyl adjacent to an activating group) is 1. The standard InChI is InChI=1S/C26H28N4O2/c1-15-12-16(2)22(13-17(15)14-30(4,5)27)29-21-11-10-20(28-3)23-24(21)26(32)19-9-7-6-8-18(19)25(23)31/h6-13H,14,27H2,1-5H3,(H-,28,29,31,32)/p+1. The Balaban J connectivity index is 1.91. The summed E-state index contributed by atoms with van der Waals surface area (Å²) >= 11 is 0. The minimum atomic E-state index is -0.164. The number of carbonyl (C=O) groups is 1. The Hall–Kier alpha value is -3.32. The van der Waals surface area contributed by atoms with Gasteiger partial charge in [-0.05, 0) is 42.7 Å². The molecule has 0 fully saturated rings. The molecule has 164 valence electrons. The first-order valence-corrected chi connectivity index (χ1v) is 10.7. The smallest absolute Gasteiger partial charge is 0.200 e. The molecule has 0 heterocycles. The number of ketones is 1. The summed E-state index contributed by atoms with van der Waals surface area (Å²) in [5.41, 5.74) is 6.96. The van der Waals surface area contributed by atoms with Crippen LogP contribution < -0.4 is 16.3 Å². The molecular weight excluding hydrogens is 400 g/mol. The zero-order valence-corrected chi connectivity index (χ0v) is 19.2. The van der Waals surface area contributed by atoms with Crippen LogP contribution in [-0.4, -0.2) is 37.2 Å². The third-order valence-electron chi connectivity index (χ3n) is 5.87. The largest absolute Gasteiger partial charge is 0.872 e. The number of nitrogens with zero attached hydrogens (tertiary/aromatic N) is 2. The van der Waals surface area contributed by atoms with E-state index in [1.54, 1.807) is 24.3 Å². The van der Waals surface area contributed by atoms with E-state index >= 15 is 0 Å². The number of quaternary nitrogens is 2. The highest BCUT2D eigenvalue weighted by Gasteiger charge is 2.33. The topological polar surface area (TPSA) is 95.1 Å². The molecule has 2 aromatic carbocycles. The molecule has 2 aromatic rings. The number of allylic oxidation sites excluding steroid dienone is 4. The number of Topliss-reactive ketones (excluding diaryl/α,β-unsaturated/α-hetero) is 1. The monoisotopic (exact) mass is 429 g/mol. The van der Waals surface area contributed by atoms with Crippen molar-refractivity contribution in [3.63, 3.8) is 0 Å². The number of benzene rings is 2. The van der Waals surface area contributed by atoms with Gasteiger partial charge in [-0.3, -0.25) is 4.79 Å². The maximum Gasteiger partial charge on any atom is 0.200 e. The Morgan fingerprint density at radius 3 is 2.38 bits per heavy atom. The lowest BCUT2D eigenvalue weighted by Gasteiger charge is -2.30. The van der Waals surface area contributed by atoms with Gasteiger partial charge in [0.25, 0.3) is 0 Å². The predicted octanol–water partition coefficient (Wildman–Crippen LogP) is 1.81. The summed E-state index contributed by atoms with van der Waals surface area (Å²) in [5, 5.41) is 15.3. The van der Waals surface area contributed by atoms with Gasteiger partial charge in [0.15, 0.2) is 5.78 Å². The van der Waals surface area contributed by atoms with Crippen LogP contribution in [0.2, 0.25) is 0 Å². The number of nitrogens with two attached hydrogens (primary N) is 2. The molecule has 6 nitrogen and oxygen atoms in total. The van der Waals surface area contributed by atoms with E-state index < -0.39 is 0 Å². The molecule has 6 heteroatoms. The van der Waals surface area contributed by atoms with Gasteiger partial charge in [-0.1, -0.05) is 36.1 Å². The average Bonchev–Trinajstić information content (AvgIpc) is 2.74. The molecule has 4 rings (SSSR count). The minimum absolute atomic E-state index is 0.135. The lowest BCUT2D eigenvalue weighted by atomic mass is 9.80. The summed E-state index contributed by atoms with van der Waals surface area (Å²) < 4.78 is 0.309. The molecule has 0 unspecified atom stereocenters. The molecule has 0 aromatic heterocycles. The van der Waals surface area contributed by atoms with E-state index in [9.17, 15) is 9.90 Å². The molecule has 2 aliphatic rings. The Morgan fingerprint density at radius 1 is 1.03 bits per heavy atom. The Bertz CT molecular complexity index is 1260. The number of aryl methyl sites for hydroxylation is 2. The minimum Gasteiger partial charge on any atom is -0.872 e. The van der Waals surface area contributed by atoms with Gasteiger partial charge in [0.05, 0.1) is 38.1 Å². The number of hydrogen-bond donors (Lipinski definition) is 2. The van der Waals surface area contributed by atoms with E-state index in [1.807, 2.05) is 51.6 Å². The van der Waals surface area contributed by atoms with Crippen LogP contribution in [0.4, 0.5) is 5.69 Å².